The first-order chi connectivity index (χ1) is 10.2. The lowest BCUT2D eigenvalue weighted by Crippen LogP contribution is -2.35. The highest BCUT2D eigenvalue weighted by Gasteiger charge is 2.27. The van der Waals surface area contributed by atoms with Crippen molar-refractivity contribution >= 4 is 5.91 Å². The Balaban J connectivity index is 2.16. The van der Waals surface area contributed by atoms with Gasteiger partial charge in [0, 0.05) is 30.1 Å². The van der Waals surface area contributed by atoms with Gasteiger partial charge in [-0.15, -0.1) is 0 Å². The Morgan fingerprint density at radius 2 is 2.29 bits per heavy atom. The van der Waals surface area contributed by atoms with Crippen molar-refractivity contribution in [1.29, 1.82) is 0 Å². The first-order valence-electron chi connectivity index (χ1n) is 7.68. The van der Waals surface area contributed by atoms with Gasteiger partial charge in [-0.1, -0.05) is 18.8 Å². The number of carbonyl (C=O) groups is 1. The van der Waals surface area contributed by atoms with Gasteiger partial charge in [-0.2, -0.15) is 0 Å². The molecule has 3 nitrogen and oxygen atoms in total. The minimum absolute atomic E-state index is 0.0793. The van der Waals surface area contributed by atoms with Gasteiger partial charge in [-0.25, -0.2) is 0 Å². The van der Waals surface area contributed by atoms with E-state index in [1.54, 1.807) is 0 Å². The highest BCUT2D eigenvalue weighted by Crippen LogP contribution is 2.23. The van der Waals surface area contributed by atoms with Gasteiger partial charge in [0.25, 0.3) is 5.91 Å². The summed E-state index contributed by atoms with van der Waals surface area (Å²) in [7, 11) is 0. The number of amides is 1. The number of aryl methyl sites for hydroxylation is 1. The summed E-state index contributed by atoms with van der Waals surface area (Å²) in [6.45, 7) is 5.06. The van der Waals surface area contributed by atoms with E-state index in [2.05, 4.69) is 18.8 Å². The van der Waals surface area contributed by atoms with Crippen LogP contribution >= 0.6 is 0 Å². The van der Waals surface area contributed by atoms with Crippen LogP contribution in [-0.2, 0) is 0 Å². The molecule has 0 radical (unpaired) electrons. The van der Waals surface area contributed by atoms with Crippen LogP contribution in [0.4, 0.5) is 0 Å². The van der Waals surface area contributed by atoms with Crippen molar-refractivity contribution in [3.05, 3.63) is 34.9 Å². The second-order valence-electron chi connectivity index (χ2n) is 5.51. The summed E-state index contributed by atoms with van der Waals surface area (Å²) in [5.41, 5.74) is 2.69. The smallest absolute Gasteiger partial charge is 0.254 e. The normalized spacial score (nSPS) is 17.5. The number of nitrogens with zero attached hydrogens (tertiary/aromatic N) is 1. The summed E-state index contributed by atoms with van der Waals surface area (Å²) in [4.78, 5) is 14.6. The van der Waals surface area contributed by atoms with Crippen LogP contribution in [0.2, 0.25) is 0 Å². The summed E-state index contributed by atoms with van der Waals surface area (Å²) in [5, 5.41) is 8.75. The topological polar surface area (TPSA) is 40.5 Å². The molecule has 1 aliphatic heterocycles. The summed E-state index contributed by atoms with van der Waals surface area (Å²) < 4.78 is 0. The Bertz CT molecular complexity index is 568. The van der Waals surface area contributed by atoms with Gasteiger partial charge in [-0.05, 0) is 49.9 Å². The summed E-state index contributed by atoms with van der Waals surface area (Å²) >= 11 is 0. The molecule has 0 spiro atoms. The van der Waals surface area contributed by atoms with Crippen LogP contribution in [0.15, 0.2) is 18.2 Å². The molecule has 1 aromatic rings. The molecule has 1 saturated heterocycles. The maximum absolute atomic E-state index is 12.6. The van der Waals surface area contributed by atoms with Gasteiger partial charge in [0.1, 0.15) is 0 Å². The third-order valence-electron chi connectivity index (χ3n) is 4.04. The van der Waals surface area contributed by atoms with Gasteiger partial charge >= 0.3 is 0 Å². The third-order valence-corrected chi connectivity index (χ3v) is 4.04. The highest BCUT2D eigenvalue weighted by molar-refractivity contribution is 5.95. The Labute approximate surface area is 127 Å². The molecule has 0 aromatic heterocycles. The fourth-order valence-corrected chi connectivity index (χ4v) is 2.84. The van der Waals surface area contributed by atoms with Crippen molar-refractivity contribution in [3.8, 4) is 11.8 Å². The third kappa shape index (κ3) is 3.65. The number of hydrogen-bond acceptors (Lipinski definition) is 2. The molecule has 1 N–H and O–H groups in total. The number of likely N-dealkylation sites (tertiary alicyclic amines) is 1. The number of carbonyl (C=O) groups excluding carboxylic acids is 1. The molecule has 2 rings (SSSR count). The Morgan fingerprint density at radius 3 is 2.95 bits per heavy atom. The molecule has 1 amide bonds. The highest BCUT2D eigenvalue weighted by atomic mass is 16.2. The maximum atomic E-state index is 12.6. The van der Waals surface area contributed by atoms with E-state index in [1.807, 2.05) is 30.0 Å². The quantitative estimate of drug-likeness (QED) is 0.868. The molecule has 3 heteroatoms. The molecule has 21 heavy (non-hydrogen) atoms. The van der Waals surface area contributed by atoms with E-state index in [-0.39, 0.29) is 12.5 Å². The molecule has 0 bridgehead atoms. The van der Waals surface area contributed by atoms with Crippen molar-refractivity contribution in [1.82, 2.24) is 4.90 Å². The van der Waals surface area contributed by atoms with Crippen LogP contribution in [-0.4, -0.2) is 35.1 Å². The van der Waals surface area contributed by atoms with E-state index in [1.165, 1.54) is 0 Å². The summed E-state index contributed by atoms with van der Waals surface area (Å²) in [6, 6.07) is 6.09. The van der Waals surface area contributed by atoms with Crippen molar-refractivity contribution in [2.45, 2.75) is 45.6 Å². The predicted molar refractivity (Wildman–Crippen MR) is 84.1 cm³/mol. The molecular weight excluding hydrogens is 262 g/mol. The van der Waals surface area contributed by atoms with E-state index in [4.69, 9.17) is 5.11 Å². The lowest BCUT2D eigenvalue weighted by molar-refractivity contribution is 0.0733. The first-order valence-corrected chi connectivity index (χ1v) is 7.68. The van der Waals surface area contributed by atoms with Gasteiger partial charge in [-0.3, -0.25) is 4.79 Å². The van der Waals surface area contributed by atoms with E-state index >= 15 is 0 Å². The zero-order valence-electron chi connectivity index (χ0n) is 12.9. The number of rotatable bonds is 3. The van der Waals surface area contributed by atoms with Gasteiger partial charge in [0.15, 0.2) is 0 Å². The number of aliphatic hydroxyl groups excluding tert-OH is 1. The molecule has 1 aliphatic rings. The minimum Gasteiger partial charge on any atom is -0.395 e. The van der Waals surface area contributed by atoms with Crippen LogP contribution < -0.4 is 0 Å². The number of aliphatic hydroxyl groups is 1. The molecule has 1 fully saturated rings. The molecular formula is C18H23NO2. The average Bonchev–Trinajstić information content (AvgIpc) is 2.96. The average molecular weight is 285 g/mol. The molecule has 1 aromatic carbocycles. The Morgan fingerprint density at radius 1 is 1.48 bits per heavy atom. The van der Waals surface area contributed by atoms with Crippen LogP contribution in [0.3, 0.4) is 0 Å². The monoisotopic (exact) mass is 285 g/mol. The molecule has 1 atom stereocenters. The van der Waals surface area contributed by atoms with Crippen molar-refractivity contribution in [2.24, 2.45) is 0 Å². The number of benzene rings is 1. The molecule has 0 saturated carbocycles. The Kier molecular flexibility index (Phi) is 5.41. The zero-order chi connectivity index (χ0) is 15.2. The van der Waals surface area contributed by atoms with E-state index in [0.717, 1.165) is 42.5 Å². The lowest BCUT2D eigenvalue weighted by atomic mass is 10.0. The van der Waals surface area contributed by atoms with E-state index in [9.17, 15) is 4.79 Å². The Hall–Kier alpha value is -1.79. The summed E-state index contributed by atoms with van der Waals surface area (Å²) in [6.07, 6.45) is 3.72. The lowest BCUT2D eigenvalue weighted by Gasteiger charge is -2.23. The van der Waals surface area contributed by atoms with Crippen molar-refractivity contribution in [2.75, 3.05) is 13.2 Å². The molecule has 1 unspecified atom stereocenters. The van der Waals surface area contributed by atoms with E-state index in [0.29, 0.717) is 12.5 Å². The molecule has 112 valence electrons. The van der Waals surface area contributed by atoms with Gasteiger partial charge in [0.2, 0.25) is 0 Å². The van der Waals surface area contributed by atoms with Gasteiger partial charge in [0.05, 0.1) is 6.61 Å². The maximum Gasteiger partial charge on any atom is 0.254 e. The fourth-order valence-electron chi connectivity index (χ4n) is 2.84. The van der Waals surface area contributed by atoms with Crippen molar-refractivity contribution in [3.63, 3.8) is 0 Å². The van der Waals surface area contributed by atoms with Crippen LogP contribution in [0.25, 0.3) is 0 Å². The van der Waals surface area contributed by atoms with Crippen molar-refractivity contribution < 1.29 is 9.90 Å². The van der Waals surface area contributed by atoms with Crippen LogP contribution in [0.1, 0.15) is 54.1 Å². The SMILES string of the molecule is CCC1CCCN1C(=O)c1ccc(C#CCCO)c(C)c1. The predicted octanol–water partition coefficient (Wildman–Crippen LogP) is 2.74. The second kappa shape index (κ2) is 7.28. The first kappa shape index (κ1) is 15.6. The van der Waals surface area contributed by atoms with Crippen LogP contribution in [0.5, 0.6) is 0 Å². The zero-order valence-corrected chi connectivity index (χ0v) is 12.9. The fraction of sp³-hybridized carbons (Fsp3) is 0.500. The second-order valence-corrected chi connectivity index (χ2v) is 5.51. The number of hydrogen-bond donors (Lipinski definition) is 1. The standard InChI is InChI=1S/C18H23NO2/c1-3-17-8-6-11-19(17)18(21)16-10-9-15(14(2)13-16)7-4-5-12-20/h9-10,13,17,20H,3,5-6,8,11-12H2,1-2H3. The largest absolute Gasteiger partial charge is 0.395 e. The van der Waals surface area contributed by atoms with Crippen LogP contribution in [0, 0.1) is 18.8 Å². The molecule has 1 heterocycles. The van der Waals surface area contributed by atoms with E-state index < -0.39 is 0 Å². The molecule has 0 aliphatic carbocycles. The summed E-state index contributed by atoms with van der Waals surface area (Å²) in [5.74, 6) is 6.09. The van der Waals surface area contributed by atoms with Gasteiger partial charge < -0.3 is 10.0 Å². The minimum atomic E-state index is 0.0793.